The molecule has 2 unspecified atom stereocenters. The van der Waals surface area contributed by atoms with Gasteiger partial charge in [0.2, 0.25) is 0 Å². The second kappa shape index (κ2) is 3.13. The van der Waals surface area contributed by atoms with Crippen LogP contribution in [0.3, 0.4) is 0 Å². The van der Waals surface area contributed by atoms with E-state index in [1.165, 1.54) is 0 Å². The number of rotatable bonds is 1. The molecule has 76 valence electrons. The lowest BCUT2D eigenvalue weighted by Gasteiger charge is -2.24. The van der Waals surface area contributed by atoms with Crippen LogP contribution in [-0.2, 0) is 18.3 Å². The topological polar surface area (TPSA) is 62.5 Å². The molecule has 0 aromatic carbocycles. The van der Waals surface area contributed by atoms with E-state index >= 15 is 0 Å². The van der Waals surface area contributed by atoms with Gasteiger partial charge in [-0.05, 0) is 12.5 Å². The van der Waals surface area contributed by atoms with Crippen molar-refractivity contribution < 1.29 is 15.0 Å². The average Bonchev–Trinajstić information content (AvgIpc) is 2.48. The van der Waals surface area contributed by atoms with Crippen LogP contribution in [0.1, 0.15) is 23.8 Å². The third-order valence-electron chi connectivity index (χ3n) is 2.89. The number of nitrogens with zero attached hydrogens (tertiary/aromatic N) is 1. The summed E-state index contributed by atoms with van der Waals surface area (Å²) in [5.41, 5.74) is 1.82. The first-order valence-corrected chi connectivity index (χ1v) is 4.64. The van der Waals surface area contributed by atoms with Crippen LogP contribution in [0.2, 0.25) is 0 Å². The zero-order chi connectivity index (χ0) is 10.3. The average molecular weight is 195 g/mol. The van der Waals surface area contributed by atoms with E-state index in [0.717, 1.165) is 11.3 Å². The van der Waals surface area contributed by atoms with Gasteiger partial charge in [-0.2, -0.15) is 0 Å². The highest BCUT2D eigenvalue weighted by atomic mass is 16.4. The van der Waals surface area contributed by atoms with Crippen molar-refractivity contribution in [1.29, 1.82) is 0 Å². The number of carboxylic acid groups (broad SMARTS) is 1. The zero-order valence-electron chi connectivity index (χ0n) is 7.97. The third-order valence-corrected chi connectivity index (χ3v) is 2.89. The Morgan fingerprint density at radius 3 is 3.00 bits per heavy atom. The van der Waals surface area contributed by atoms with E-state index in [-0.39, 0.29) is 0 Å². The molecule has 0 spiro atoms. The van der Waals surface area contributed by atoms with Gasteiger partial charge in [-0.1, -0.05) is 0 Å². The number of aromatic nitrogens is 1. The summed E-state index contributed by atoms with van der Waals surface area (Å²) < 4.78 is 1.88. The lowest BCUT2D eigenvalue weighted by molar-refractivity contribution is -0.143. The smallest absolute Gasteiger partial charge is 0.306 e. The summed E-state index contributed by atoms with van der Waals surface area (Å²) in [5, 5.41) is 18.6. The van der Waals surface area contributed by atoms with Gasteiger partial charge in [-0.3, -0.25) is 4.79 Å². The summed E-state index contributed by atoms with van der Waals surface area (Å²) in [6.45, 7) is 0. The van der Waals surface area contributed by atoms with Crippen molar-refractivity contribution in [3.8, 4) is 0 Å². The predicted molar refractivity (Wildman–Crippen MR) is 49.8 cm³/mol. The van der Waals surface area contributed by atoms with Crippen molar-refractivity contribution in [2.24, 2.45) is 13.0 Å². The van der Waals surface area contributed by atoms with E-state index in [1.54, 1.807) is 0 Å². The number of carbonyl (C=O) groups is 1. The second-order valence-electron chi connectivity index (χ2n) is 3.82. The fourth-order valence-corrected chi connectivity index (χ4v) is 2.05. The standard InChI is InChI=1S/C10H13NO3/c1-11-3-2-7-8(11)4-6(10(13)14)5-9(7)12/h2-3,6,9,12H,4-5H2,1H3,(H,13,14). The maximum absolute atomic E-state index is 10.8. The molecule has 14 heavy (non-hydrogen) atoms. The summed E-state index contributed by atoms with van der Waals surface area (Å²) in [6.07, 6.45) is 2.08. The molecule has 0 bridgehead atoms. The lowest BCUT2D eigenvalue weighted by atomic mass is 9.86. The Bertz CT molecular complexity index is 369. The van der Waals surface area contributed by atoms with Crippen LogP contribution in [0.5, 0.6) is 0 Å². The predicted octanol–water partition coefficient (Wildman–Crippen LogP) is 0.706. The van der Waals surface area contributed by atoms with Crippen molar-refractivity contribution in [2.75, 3.05) is 0 Å². The van der Waals surface area contributed by atoms with E-state index in [9.17, 15) is 9.90 Å². The van der Waals surface area contributed by atoms with Gasteiger partial charge >= 0.3 is 5.97 Å². The number of aliphatic hydroxyl groups is 1. The highest BCUT2D eigenvalue weighted by Crippen LogP contribution is 2.33. The largest absolute Gasteiger partial charge is 0.481 e. The third kappa shape index (κ3) is 1.32. The minimum Gasteiger partial charge on any atom is -0.481 e. The fourth-order valence-electron chi connectivity index (χ4n) is 2.05. The number of hydrogen-bond acceptors (Lipinski definition) is 2. The first-order chi connectivity index (χ1) is 6.59. The van der Waals surface area contributed by atoms with Crippen molar-refractivity contribution in [1.82, 2.24) is 4.57 Å². The first-order valence-electron chi connectivity index (χ1n) is 4.64. The molecule has 0 amide bonds. The Balaban J connectivity index is 2.35. The maximum Gasteiger partial charge on any atom is 0.306 e. The van der Waals surface area contributed by atoms with Gasteiger partial charge in [0, 0.05) is 30.9 Å². The molecule has 4 heteroatoms. The van der Waals surface area contributed by atoms with Crippen LogP contribution in [0.15, 0.2) is 12.3 Å². The Hall–Kier alpha value is -1.29. The van der Waals surface area contributed by atoms with E-state index in [0.29, 0.717) is 12.8 Å². The molecule has 1 heterocycles. The van der Waals surface area contributed by atoms with Crippen LogP contribution < -0.4 is 0 Å². The fraction of sp³-hybridized carbons (Fsp3) is 0.500. The monoisotopic (exact) mass is 195 g/mol. The number of hydrogen-bond donors (Lipinski definition) is 2. The van der Waals surface area contributed by atoms with Gasteiger partial charge in [0.05, 0.1) is 12.0 Å². The van der Waals surface area contributed by atoms with E-state index < -0.39 is 18.0 Å². The molecule has 4 nitrogen and oxygen atoms in total. The number of aryl methyl sites for hydroxylation is 1. The van der Waals surface area contributed by atoms with Crippen LogP contribution >= 0.6 is 0 Å². The Labute approximate surface area is 81.8 Å². The van der Waals surface area contributed by atoms with Gasteiger partial charge in [-0.15, -0.1) is 0 Å². The Morgan fingerprint density at radius 1 is 1.64 bits per heavy atom. The summed E-state index contributed by atoms with van der Waals surface area (Å²) in [4.78, 5) is 10.8. The van der Waals surface area contributed by atoms with Crippen molar-refractivity contribution in [3.63, 3.8) is 0 Å². The summed E-state index contributed by atoms with van der Waals surface area (Å²) in [6, 6.07) is 1.86. The normalized spacial score (nSPS) is 25.9. The molecule has 2 atom stereocenters. The number of fused-ring (bicyclic) bond motifs is 1. The molecule has 0 saturated carbocycles. The quantitative estimate of drug-likeness (QED) is 0.693. The van der Waals surface area contributed by atoms with Gasteiger partial charge in [0.1, 0.15) is 0 Å². The summed E-state index contributed by atoms with van der Waals surface area (Å²) in [5.74, 6) is -1.28. The van der Waals surface area contributed by atoms with Gasteiger partial charge in [0.25, 0.3) is 0 Å². The van der Waals surface area contributed by atoms with Gasteiger partial charge in [-0.25, -0.2) is 0 Å². The maximum atomic E-state index is 10.8. The number of aliphatic carboxylic acids is 1. The lowest BCUT2D eigenvalue weighted by Crippen LogP contribution is -2.25. The second-order valence-corrected chi connectivity index (χ2v) is 3.82. The van der Waals surface area contributed by atoms with Gasteiger partial charge in [0.15, 0.2) is 0 Å². The highest BCUT2D eigenvalue weighted by molar-refractivity contribution is 5.71. The first kappa shape index (κ1) is 9.27. The van der Waals surface area contributed by atoms with E-state index in [1.807, 2.05) is 23.9 Å². The van der Waals surface area contributed by atoms with Crippen LogP contribution in [0.25, 0.3) is 0 Å². The molecular weight excluding hydrogens is 182 g/mol. The van der Waals surface area contributed by atoms with Crippen LogP contribution in [-0.4, -0.2) is 20.7 Å². The molecule has 0 fully saturated rings. The molecule has 1 aromatic rings. The Morgan fingerprint density at radius 2 is 2.36 bits per heavy atom. The summed E-state index contributed by atoms with van der Waals surface area (Å²) >= 11 is 0. The van der Waals surface area contributed by atoms with Gasteiger partial charge < -0.3 is 14.8 Å². The van der Waals surface area contributed by atoms with Crippen molar-refractivity contribution >= 4 is 5.97 Å². The van der Waals surface area contributed by atoms with E-state index in [4.69, 9.17) is 5.11 Å². The molecule has 1 aromatic heterocycles. The van der Waals surface area contributed by atoms with E-state index in [2.05, 4.69) is 0 Å². The SMILES string of the molecule is Cn1ccc2c1CC(C(=O)O)CC2O. The molecular formula is C10H13NO3. The molecule has 1 aliphatic rings. The molecule has 1 aliphatic carbocycles. The molecule has 2 N–H and O–H groups in total. The van der Waals surface area contributed by atoms with Crippen molar-refractivity contribution in [2.45, 2.75) is 18.9 Å². The number of aliphatic hydroxyl groups excluding tert-OH is 1. The molecule has 0 radical (unpaired) electrons. The Kier molecular flexibility index (Phi) is 2.07. The highest BCUT2D eigenvalue weighted by Gasteiger charge is 2.31. The van der Waals surface area contributed by atoms with Crippen LogP contribution in [0, 0.1) is 5.92 Å². The zero-order valence-corrected chi connectivity index (χ0v) is 7.97. The van der Waals surface area contributed by atoms with Crippen LogP contribution in [0.4, 0.5) is 0 Å². The minimum absolute atomic E-state index is 0.326. The molecule has 0 aliphatic heterocycles. The summed E-state index contributed by atoms with van der Waals surface area (Å²) in [7, 11) is 1.87. The molecule has 0 saturated heterocycles. The minimum atomic E-state index is -0.823. The van der Waals surface area contributed by atoms with Crippen molar-refractivity contribution in [3.05, 3.63) is 23.5 Å². The number of carboxylic acids is 1. The molecule has 2 rings (SSSR count).